The molecule has 0 aromatic rings. The highest BCUT2D eigenvalue weighted by molar-refractivity contribution is 5.69. The van der Waals surface area contributed by atoms with Gasteiger partial charge in [0.25, 0.3) is 0 Å². The molecule has 0 bridgehead atoms. The summed E-state index contributed by atoms with van der Waals surface area (Å²) in [6.07, 6.45) is -5.06. The molecule has 3 saturated heterocycles. The van der Waals surface area contributed by atoms with Crippen LogP contribution in [0.2, 0.25) is 0 Å². The fraction of sp³-hybridized carbons (Fsp3) is 0.929. The summed E-state index contributed by atoms with van der Waals surface area (Å²) in [5.74, 6) is -1.81. The van der Waals surface area contributed by atoms with Crippen molar-refractivity contribution in [3.05, 3.63) is 0 Å². The second kappa shape index (κ2) is 6.15. The lowest BCUT2D eigenvalue weighted by Crippen LogP contribution is -2.71. The van der Waals surface area contributed by atoms with E-state index in [1.807, 2.05) is 0 Å². The quantitative estimate of drug-likeness (QED) is 0.465. The van der Waals surface area contributed by atoms with Crippen molar-refractivity contribution >= 4 is 6.09 Å². The summed E-state index contributed by atoms with van der Waals surface area (Å²) in [5, 5.41) is 39.6. The maximum Gasteiger partial charge on any atom is 0.412 e. The van der Waals surface area contributed by atoms with Gasteiger partial charge < -0.3 is 39.5 Å². The minimum Gasteiger partial charge on any atom is -0.414 e. The summed E-state index contributed by atoms with van der Waals surface area (Å²) in [6, 6.07) is -0.393. The third-order valence-electron chi connectivity index (χ3n) is 4.97. The molecule has 3 rings (SSSR count). The van der Waals surface area contributed by atoms with Crippen LogP contribution in [0.15, 0.2) is 0 Å². The number of ether oxygens (including phenoxy) is 3. The van der Waals surface area contributed by atoms with Crippen molar-refractivity contribution in [2.24, 2.45) is 0 Å². The number of carbonyl (C=O) groups is 1. The number of likely N-dealkylation sites (N-methyl/N-ethyl adjacent to an activating group) is 1. The van der Waals surface area contributed by atoms with Gasteiger partial charge in [-0.15, -0.1) is 0 Å². The van der Waals surface area contributed by atoms with Crippen LogP contribution in [-0.4, -0.2) is 94.0 Å². The van der Waals surface area contributed by atoms with Gasteiger partial charge >= 0.3 is 6.09 Å². The fourth-order valence-electron chi connectivity index (χ4n) is 3.57. The van der Waals surface area contributed by atoms with E-state index in [1.54, 1.807) is 7.05 Å². The Hall–Kier alpha value is -0.970. The molecule has 0 aromatic heterocycles. The van der Waals surface area contributed by atoms with Gasteiger partial charge in [0.1, 0.15) is 24.4 Å². The number of amides is 1. The van der Waals surface area contributed by atoms with E-state index in [-0.39, 0.29) is 12.5 Å². The van der Waals surface area contributed by atoms with Crippen molar-refractivity contribution in [2.75, 3.05) is 20.3 Å². The van der Waals surface area contributed by atoms with Crippen LogP contribution in [0.3, 0.4) is 0 Å². The van der Waals surface area contributed by atoms with E-state index >= 15 is 0 Å². The minimum atomic E-state index is -1.81. The molecule has 0 aliphatic carbocycles. The van der Waals surface area contributed by atoms with Gasteiger partial charge in [0.15, 0.2) is 0 Å². The van der Waals surface area contributed by atoms with E-state index in [0.717, 1.165) is 12.8 Å². The van der Waals surface area contributed by atoms with Crippen molar-refractivity contribution < 1.29 is 39.4 Å². The van der Waals surface area contributed by atoms with Gasteiger partial charge in [-0.05, 0) is 12.8 Å². The van der Waals surface area contributed by atoms with Gasteiger partial charge in [0.2, 0.25) is 5.79 Å². The Morgan fingerprint density at radius 1 is 1.30 bits per heavy atom. The predicted molar refractivity (Wildman–Crippen MR) is 74.3 cm³/mol. The maximum absolute atomic E-state index is 12.2. The zero-order chi connectivity index (χ0) is 16.8. The molecule has 132 valence electrons. The number of aliphatic hydroxyl groups is 4. The van der Waals surface area contributed by atoms with Crippen LogP contribution >= 0.6 is 0 Å². The molecule has 0 radical (unpaired) electrons. The van der Waals surface area contributed by atoms with Crippen molar-refractivity contribution in [1.82, 2.24) is 4.90 Å². The first-order valence-corrected chi connectivity index (χ1v) is 7.80. The molecule has 9 heteroatoms. The van der Waals surface area contributed by atoms with Crippen molar-refractivity contribution in [3.8, 4) is 0 Å². The molecule has 0 aromatic carbocycles. The molecule has 3 heterocycles. The zero-order valence-corrected chi connectivity index (χ0v) is 12.9. The largest absolute Gasteiger partial charge is 0.414 e. The van der Waals surface area contributed by atoms with Crippen LogP contribution in [0.25, 0.3) is 0 Å². The molecule has 9 nitrogen and oxygen atoms in total. The Balaban J connectivity index is 1.88. The van der Waals surface area contributed by atoms with Gasteiger partial charge in [0.05, 0.1) is 18.8 Å². The van der Waals surface area contributed by atoms with Crippen LogP contribution < -0.4 is 0 Å². The van der Waals surface area contributed by atoms with Gasteiger partial charge in [-0.25, -0.2) is 4.79 Å². The molecule has 0 saturated carbocycles. The highest BCUT2D eigenvalue weighted by Crippen LogP contribution is 2.40. The summed E-state index contributed by atoms with van der Waals surface area (Å²) < 4.78 is 16.4. The average molecular weight is 333 g/mol. The van der Waals surface area contributed by atoms with Crippen LogP contribution in [-0.2, 0) is 14.2 Å². The first-order chi connectivity index (χ1) is 10.9. The molecule has 1 spiro atoms. The van der Waals surface area contributed by atoms with Gasteiger partial charge in [-0.2, -0.15) is 0 Å². The van der Waals surface area contributed by atoms with E-state index in [9.17, 15) is 25.2 Å². The molecule has 7 atom stereocenters. The standard InChI is InChI=1S/C14H23NO8/c1-15-7(8-3-2-4-21-8)5-14(23-13(15)20)12(19)11(18)10(17)9(6-16)22-14/h7-12,16-19H,2-6H2,1H3/t7-,8-,9+,10+,11-,12+,14+/m0/s1. The van der Waals surface area contributed by atoms with Crippen molar-refractivity contribution in [2.45, 2.75) is 61.6 Å². The Kier molecular flexibility index (Phi) is 4.51. The normalized spacial score (nSPS) is 47.9. The van der Waals surface area contributed by atoms with Gasteiger partial charge in [-0.3, -0.25) is 0 Å². The third-order valence-corrected chi connectivity index (χ3v) is 4.97. The molecule has 3 aliphatic rings. The Labute approximate surface area is 133 Å². The second-order valence-corrected chi connectivity index (χ2v) is 6.38. The molecule has 3 aliphatic heterocycles. The Morgan fingerprint density at radius 3 is 2.65 bits per heavy atom. The monoisotopic (exact) mass is 333 g/mol. The summed E-state index contributed by atoms with van der Waals surface area (Å²) in [6.45, 7) is 0.0196. The summed E-state index contributed by atoms with van der Waals surface area (Å²) in [4.78, 5) is 13.6. The highest BCUT2D eigenvalue weighted by atomic mass is 16.7. The van der Waals surface area contributed by atoms with Gasteiger partial charge in [0, 0.05) is 20.1 Å². The van der Waals surface area contributed by atoms with Crippen molar-refractivity contribution in [3.63, 3.8) is 0 Å². The molecule has 0 unspecified atom stereocenters. The number of rotatable bonds is 2. The number of hydrogen-bond acceptors (Lipinski definition) is 8. The average Bonchev–Trinajstić information content (AvgIpc) is 3.07. The van der Waals surface area contributed by atoms with Crippen molar-refractivity contribution in [1.29, 1.82) is 0 Å². The highest BCUT2D eigenvalue weighted by Gasteiger charge is 2.60. The first kappa shape index (κ1) is 16.9. The molecule has 1 amide bonds. The molecule has 4 N–H and O–H groups in total. The molecular weight excluding hydrogens is 310 g/mol. The second-order valence-electron chi connectivity index (χ2n) is 6.38. The van der Waals surface area contributed by atoms with Crippen LogP contribution in [0.5, 0.6) is 0 Å². The number of nitrogens with zero attached hydrogens (tertiary/aromatic N) is 1. The van der Waals surface area contributed by atoms with Gasteiger partial charge in [-0.1, -0.05) is 0 Å². The Bertz CT molecular complexity index is 454. The van der Waals surface area contributed by atoms with E-state index in [2.05, 4.69) is 0 Å². The number of aliphatic hydroxyl groups excluding tert-OH is 4. The summed E-state index contributed by atoms with van der Waals surface area (Å²) in [5.41, 5.74) is 0. The van der Waals surface area contributed by atoms with E-state index in [0.29, 0.717) is 6.61 Å². The Morgan fingerprint density at radius 2 is 2.04 bits per heavy atom. The van der Waals surface area contributed by atoms with Crippen LogP contribution in [0.4, 0.5) is 4.79 Å². The smallest absolute Gasteiger partial charge is 0.412 e. The van der Waals surface area contributed by atoms with E-state index in [1.165, 1.54) is 4.90 Å². The third kappa shape index (κ3) is 2.71. The van der Waals surface area contributed by atoms with E-state index in [4.69, 9.17) is 14.2 Å². The topological polar surface area (TPSA) is 129 Å². The first-order valence-electron chi connectivity index (χ1n) is 7.80. The lowest BCUT2D eigenvalue weighted by Gasteiger charge is -2.52. The fourth-order valence-corrected chi connectivity index (χ4v) is 3.57. The van der Waals surface area contributed by atoms with Crippen LogP contribution in [0, 0.1) is 0 Å². The summed E-state index contributed by atoms with van der Waals surface area (Å²) in [7, 11) is 1.57. The number of hydrogen-bond donors (Lipinski definition) is 4. The maximum atomic E-state index is 12.2. The number of carbonyl (C=O) groups excluding carboxylic acids is 1. The molecule has 23 heavy (non-hydrogen) atoms. The predicted octanol–water partition coefficient (Wildman–Crippen LogP) is -1.82. The zero-order valence-electron chi connectivity index (χ0n) is 12.9. The SMILES string of the molecule is CN1C(=O)O[C@@]2(C[C@H]1[C@@H]1CCCO1)O[C@H](CO)[C@@H](O)[C@H](O)[C@H]2O. The molecule has 3 fully saturated rings. The lowest BCUT2D eigenvalue weighted by atomic mass is 9.85. The van der Waals surface area contributed by atoms with E-state index < -0.39 is 48.9 Å². The lowest BCUT2D eigenvalue weighted by molar-refractivity contribution is -0.361. The minimum absolute atomic E-state index is 0.0708. The summed E-state index contributed by atoms with van der Waals surface area (Å²) >= 11 is 0. The molecular formula is C14H23NO8. The van der Waals surface area contributed by atoms with Crippen LogP contribution in [0.1, 0.15) is 19.3 Å².